The molecule has 0 aliphatic carbocycles. The normalized spacial score (nSPS) is 11.9. The second-order valence-electron chi connectivity index (χ2n) is 3.99. The standard InChI is InChI=1S/C12H9BrF4N2/c1-5-9(18-2)7-3-6(13)4-8(14)10(7)19-11(5)12(15,16)17/h3-4H,1-2H3,(H,18,19). The van der Waals surface area contributed by atoms with E-state index in [4.69, 9.17) is 0 Å². The van der Waals surface area contributed by atoms with Gasteiger partial charge in [0.25, 0.3) is 0 Å². The van der Waals surface area contributed by atoms with Gasteiger partial charge in [-0.3, -0.25) is 0 Å². The second-order valence-corrected chi connectivity index (χ2v) is 4.91. The predicted octanol–water partition coefficient (Wildman–Crippen LogP) is 4.51. The Morgan fingerprint density at radius 3 is 2.42 bits per heavy atom. The number of aromatic nitrogens is 1. The molecule has 0 bridgehead atoms. The maximum atomic E-state index is 13.8. The minimum Gasteiger partial charge on any atom is -0.387 e. The Labute approximate surface area is 115 Å². The minimum atomic E-state index is -4.62. The van der Waals surface area contributed by atoms with Gasteiger partial charge in [-0.1, -0.05) is 15.9 Å². The molecule has 0 amide bonds. The van der Waals surface area contributed by atoms with Crippen LogP contribution in [-0.4, -0.2) is 12.0 Å². The lowest BCUT2D eigenvalue weighted by Crippen LogP contribution is -2.13. The molecular formula is C12H9BrF4N2. The molecule has 1 aromatic heterocycles. The average Bonchev–Trinajstić information content (AvgIpc) is 2.26. The van der Waals surface area contributed by atoms with Crippen molar-refractivity contribution in [3.63, 3.8) is 0 Å². The van der Waals surface area contributed by atoms with Crippen molar-refractivity contribution in [2.45, 2.75) is 13.1 Å². The summed E-state index contributed by atoms with van der Waals surface area (Å²) >= 11 is 3.11. The Balaban J connectivity index is 2.95. The molecule has 0 aliphatic heterocycles. The average molecular weight is 337 g/mol. The Kier molecular flexibility index (Phi) is 3.42. The summed E-state index contributed by atoms with van der Waals surface area (Å²) in [6.07, 6.45) is -4.62. The zero-order valence-corrected chi connectivity index (χ0v) is 11.6. The molecule has 7 heteroatoms. The minimum absolute atomic E-state index is 0.0556. The van der Waals surface area contributed by atoms with Gasteiger partial charge in [-0.15, -0.1) is 0 Å². The number of nitrogens with zero attached hydrogens (tertiary/aromatic N) is 1. The van der Waals surface area contributed by atoms with Crippen molar-refractivity contribution in [1.82, 2.24) is 4.98 Å². The number of halogens is 5. The lowest BCUT2D eigenvalue weighted by molar-refractivity contribution is -0.141. The summed E-state index contributed by atoms with van der Waals surface area (Å²) in [5, 5.41) is 2.98. The van der Waals surface area contributed by atoms with E-state index in [9.17, 15) is 17.6 Å². The zero-order valence-electron chi connectivity index (χ0n) is 9.99. The Morgan fingerprint density at radius 2 is 1.89 bits per heavy atom. The number of pyridine rings is 1. The molecule has 0 aliphatic rings. The Hall–Kier alpha value is -1.37. The molecule has 0 saturated heterocycles. The number of nitrogens with one attached hydrogen (secondary N) is 1. The highest BCUT2D eigenvalue weighted by atomic mass is 79.9. The van der Waals surface area contributed by atoms with Gasteiger partial charge in [-0.25, -0.2) is 9.37 Å². The van der Waals surface area contributed by atoms with E-state index in [2.05, 4.69) is 26.2 Å². The van der Waals surface area contributed by atoms with Gasteiger partial charge in [-0.05, 0) is 19.1 Å². The number of hydrogen-bond acceptors (Lipinski definition) is 2. The first kappa shape index (κ1) is 14.0. The van der Waals surface area contributed by atoms with Gasteiger partial charge in [0.15, 0.2) is 5.82 Å². The number of fused-ring (bicyclic) bond motifs is 1. The molecule has 2 rings (SSSR count). The van der Waals surface area contributed by atoms with Gasteiger partial charge in [0.05, 0.1) is 0 Å². The van der Waals surface area contributed by atoms with E-state index in [0.717, 1.165) is 6.07 Å². The maximum Gasteiger partial charge on any atom is 0.433 e. The van der Waals surface area contributed by atoms with Crippen LogP contribution in [0.4, 0.5) is 23.2 Å². The first-order chi connectivity index (χ1) is 8.75. The molecule has 19 heavy (non-hydrogen) atoms. The fourth-order valence-corrected chi connectivity index (χ4v) is 2.41. The van der Waals surface area contributed by atoms with Crippen LogP contribution in [-0.2, 0) is 6.18 Å². The molecule has 0 saturated carbocycles. The van der Waals surface area contributed by atoms with Crippen LogP contribution in [0.15, 0.2) is 16.6 Å². The molecule has 102 valence electrons. The number of hydrogen-bond donors (Lipinski definition) is 1. The van der Waals surface area contributed by atoms with Gasteiger partial charge in [0, 0.05) is 28.2 Å². The molecule has 0 unspecified atom stereocenters. The number of anilines is 1. The van der Waals surface area contributed by atoms with E-state index in [-0.39, 0.29) is 16.8 Å². The highest BCUT2D eigenvalue weighted by Gasteiger charge is 2.36. The highest BCUT2D eigenvalue weighted by molar-refractivity contribution is 9.10. The fourth-order valence-electron chi connectivity index (χ4n) is 1.98. The van der Waals surface area contributed by atoms with Crippen molar-refractivity contribution in [3.8, 4) is 0 Å². The maximum absolute atomic E-state index is 13.8. The molecule has 0 radical (unpaired) electrons. The fraction of sp³-hybridized carbons (Fsp3) is 0.250. The zero-order chi connectivity index (χ0) is 14.4. The van der Waals surface area contributed by atoms with Crippen LogP contribution in [0.1, 0.15) is 11.3 Å². The summed E-state index contributed by atoms with van der Waals surface area (Å²) in [4.78, 5) is 3.43. The summed E-state index contributed by atoms with van der Waals surface area (Å²) in [5.74, 6) is -0.800. The number of benzene rings is 1. The topological polar surface area (TPSA) is 24.9 Å². The summed E-state index contributed by atoms with van der Waals surface area (Å²) in [7, 11) is 1.49. The van der Waals surface area contributed by atoms with Crippen molar-refractivity contribution < 1.29 is 17.6 Å². The third-order valence-electron chi connectivity index (χ3n) is 2.77. The van der Waals surface area contributed by atoms with Crippen LogP contribution in [0, 0.1) is 12.7 Å². The van der Waals surface area contributed by atoms with E-state index in [0.29, 0.717) is 9.86 Å². The first-order valence-corrected chi connectivity index (χ1v) is 6.09. The Morgan fingerprint density at radius 1 is 1.26 bits per heavy atom. The van der Waals surface area contributed by atoms with E-state index in [1.807, 2.05) is 0 Å². The van der Waals surface area contributed by atoms with Gasteiger partial charge in [0.2, 0.25) is 0 Å². The third-order valence-corrected chi connectivity index (χ3v) is 3.23. The van der Waals surface area contributed by atoms with E-state index >= 15 is 0 Å². The SMILES string of the molecule is CNc1c(C)c(C(F)(F)F)nc2c(F)cc(Br)cc12. The molecular weight excluding hydrogens is 328 g/mol. The first-order valence-electron chi connectivity index (χ1n) is 5.30. The summed E-state index contributed by atoms with van der Waals surface area (Å²) in [5.41, 5.74) is -1.21. The van der Waals surface area contributed by atoms with Gasteiger partial charge < -0.3 is 5.32 Å². The molecule has 0 fully saturated rings. The van der Waals surface area contributed by atoms with Crippen LogP contribution in [0.25, 0.3) is 10.9 Å². The summed E-state index contributed by atoms with van der Waals surface area (Å²) < 4.78 is 52.9. The largest absolute Gasteiger partial charge is 0.433 e. The van der Waals surface area contributed by atoms with Crippen molar-refractivity contribution in [2.75, 3.05) is 12.4 Å². The molecule has 1 heterocycles. The van der Waals surface area contributed by atoms with E-state index in [1.165, 1.54) is 20.0 Å². The van der Waals surface area contributed by atoms with E-state index in [1.54, 1.807) is 0 Å². The van der Waals surface area contributed by atoms with Crippen molar-refractivity contribution in [2.24, 2.45) is 0 Å². The number of alkyl halides is 3. The quantitative estimate of drug-likeness (QED) is 0.775. The van der Waals surface area contributed by atoms with Crippen LogP contribution in [0.2, 0.25) is 0 Å². The van der Waals surface area contributed by atoms with Crippen LogP contribution in [0.3, 0.4) is 0 Å². The smallest absolute Gasteiger partial charge is 0.387 e. The van der Waals surface area contributed by atoms with Crippen molar-refractivity contribution in [1.29, 1.82) is 0 Å². The molecule has 0 atom stereocenters. The second kappa shape index (κ2) is 4.63. The monoisotopic (exact) mass is 336 g/mol. The molecule has 2 nitrogen and oxygen atoms in total. The molecule has 2 aromatic rings. The lowest BCUT2D eigenvalue weighted by Gasteiger charge is -2.16. The van der Waals surface area contributed by atoms with Crippen LogP contribution < -0.4 is 5.32 Å². The van der Waals surface area contributed by atoms with Gasteiger partial charge in [-0.2, -0.15) is 13.2 Å². The van der Waals surface area contributed by atoms with Crippen LogP contribution >= 0.6 is 15.9 Å². The molecule has 0 spiro atoms. The Bertz CT molecular complexity index is 652. The van der Waals surface area contributed by atoms with Gasteiger partial charge in [0.1, 0.15) is 11.2 Å². The summed E-state index contributed by atoms with van der Waals surface area (Å²) in [6.45, 7) is 1.31. The van der Waals surface area contributed by atoms with Crippen LogP contribution in [0.5, 0.6) is 0 Å². The van der Waals surface area contributed by atoms with Crippen molar-refractivity contribution >= 4 is 32.5 Å². The summed E-state index contributed by atoms with van der Waals surface area (Å²) in [6, 6.07) is 2.62. The number of rotatable bonds is 1. The predicted molar refractivity (Wildman–Crippen MR) is 68.7 cm³/mol. The lowest BCUT2D eigenvalue weighted by atomic mass is 10.1. The van der Waals surface area contributed by atoms with Crippen molar-refractivity contribution in [3.05, 3.63) is 33.7 Å². The van der Waals surface area contributed by atoms with E-state index < -0.39 is 17.7 Å². The molecule has 1 aromatic carbocycles. The third kappa shape index (κ3) is 2.39. The highest BCUT2D eigenvalue weighted by Crippen LogP contribution is 2.38. The molecule has 1 N–H and O–H groups in total. The van der Waals surface area contributed by atoms with Gasteiger partial charge >= 0.3 is 6.18 Å².